The Kier molecular flexibility index (Phi) is 5.88. The second-order valence-corrected chi connectivity index (χ2v) is 6.19. The van der Waals surface area contributed by atoms with Gasteiger partial charge >= 0.3 is 0 Å². The van der Waals surface area contributed by atoms with E-state index in [2.05, 4.69) is 5.32 Å². The summed E-state index contributed by atoms with van der Waals surface area (Å²) in [7, 11) is 3.83. The van der Waals surface area contributed by atoms with Gasteiger partial charge < -0.3 is 20.7 Å². The maximum absolute atomic E-state index is 14.3. The minimum absolute atomic E-state index is 0.0670. The van der Waals surface area contributed by atoms with E-state index >= 15 is 0 Å². The minimum Gasteiger partial charge on any atom is -0.508 e. The van der Waals surface area contributed by atoms with Gasteiger partial charge in [0.15, 0.2) is 0 Å². The lowest BCUT2D eigenvalue weighted by atomic mass is 10.0. The third-order valence-electron chi connectivity index (χ3n) is 4.06. The Morgan fingerprint density at radius 1 is 1.24 bits per heavy atom. The lowest BCUT2D eigenvalue weighted by Crippen LogP contribution is -2.27. The minimum atomic E-state index is -0.542. The molecule has 0 aliphatic heterocycles. The van der Waals surface area contributed by atoms with Crippen LogP contribution >= 0.6 is 0 Å². The molecular formula is C19H22FN3O2. The van der Waals surface area contributed by atoms with E-state index < -0.39 is 11.7 Å². The summed E-state index contributed by atoms with van der Waals surface area (Å²) < 4.78 is 14.3. The summed E-state index contributed by atoms with van der Waals surface area (Å²) in [5, 5.41) is 19.9. The number of hydrogen-bond acceptors (Lipinski definition) is 4. The first-order valence-corrected chi connectivity index (χ1v) is 7.92. The molecule has 3 N–H and O–H groups in total. The van der Waals surface area contributed by atoms with Gasteiger partial charge in [-0.15, -0.1) is 0 Å². The van der Waals surface area contributed by atoms with Crippen LogP contribution in [0.3, 0.4) is 0 Å². The van der Waals surface area contributed by atoms with Crippen molar-refractivity contribution in [3.8, 4) is 5.75 Å². The number of phenols is 1. The van der Waals surface area contributed by atoms with Gasteiger partial charge in [-0.3, -0.25) is 4.79 Å². The summed E-state index contributed by atoms with van der Waals surface area (Å²) in [6, 6.07) is 10.2. The van der Waals surface area contributed by atoms with E-state index in [4.69, 9.17) is 5.41 Å². The number of nitrogens with one attached hydrogen (secondary N) is 2. The van der Waals surface area contributed by atoms with Crippen molar-refractivity contribution in [1.29, 1.82) is 5.41 Å². The molecule has 2 rings (SSSR count). The summed E-state index contributed by atoms with van der Waals surface area (Å²) in [6.45, 7) is 1.97. The van der Waals surface area contributed by atoms with Crippen molar-refractivity contribution in [2.24, 2.45) is 0 Å². The van der Waals surface area contributed by atoms with Gasteiger partial charge in [0.05, 0.1) is 0 Å². The molecule has 0 saturated carbocycles. The highest BCUT2D eigenvalue weighted by molar-refractivity contribution is 6.05. The lowest BCUT2D eigenvalue weighted by Gasteiger charge is -2.20. The molecule has 0 spiro atoms. The third-order valence-corrected chi connectivity index (χ3v) is 4.06. The number of benzene rings is 2. The fourth-order valence-corrected chi connectivity index (χ4v) is 2.24. The highest BCUT2D eigenvalue weighted by atomic mass is 19.1. The fourth-order valence-electron chi connectivity index (χ4n) is 2.24. The Bertz CT molecular complexity index is 773. The number of hydrogen-bond donors (Lipinski definition) is 3. The van der Waals surface area contributed by atoms with Crippen LogP contribution < -0.4 is 5.32 Å². The second kappa shape index (κ2) is 7.90. The average Bonchev–Trinajstić information content (AvgIpc) is 2.55. The van der Waals surface area contributed by atoms with E-state index in [1.54, 1.807) is 6.07 Å². The monoisotopic (exact) mass is 343 g/mol. The van der Waals surface area contributed by atoms with Crippen molar-refractivity contribution in [3.63, 3.8) is 0 Å². The number of rotatable bonds is 6. The summed E-state index contributed by atoms with van der Waals surface area (Å²) >= 11 is 0. The molecule has 0 heterocycles. The summed E-state index contributed by atoms with van der Waals surface area (Å²) in [4.78, 5) is 14.1. The van der Waals surface area contributed by atoms with Gasteiger partial charge in [-0.2, -0.15) is 0 Å². The molecule has 0 aliphatic rings. The Balaban J connectivity index is 2.09. The van der Waals surface area contributed by atoms with Gasteiger partial charge in [0.1, 0.15) is 11.6 Å². The topological polar surface area (TPSA) is 76.4 Å². The molecular weight excluding hydrogens is 321 g/mol. The number of carbonyl (C=O) groups is 1. The molecule has 0 aliphatic carbocycles. The molecule has 6 heteroatoms. The van der Waals surface area contributed by atoms with Crippen LogP contribution in [-0.4, -0.2) is 41.8 Å². The Morgan fingerprint density at radius 3 is 2.44 bits per heavy atom. The van der Waals surface area contributed by atoms with Crippen LogP contribution in [0.4, 0.5) is 10.1 Å². The summed E-state index contributed by atoms with van der Waals surface area (Å²) in [6.07, 6.45) is 0.434. The molecule has 0 bridgehead atoms. The Hall–Kier alpha value is -2.73. The first-order chi connectivity index (χ1) is 11.8. The zero-order chi connectivity index (χ0) is 18.6. The molecule has 0 radical (unpaired) electrons. The number of aromatic hydroxyl groups is 1. The highest BCUT2D eigenvalue weighted by Gasteiger charge is 2.14. The van der Waals surface area contributed by atoms with Crippen LogP contribution in [0.1, 0.15) is 29.3 Å². The summed E-state index contributed by atoms with van der Waals surface area (Å²) in [5.74, 6) is -0.875. The lowest BCUT2D eigenvalue weighted by molar-refractivity contribution is 0.102. The molecule has 132 valence electrons. The molecule has 1 atom stereocenters. The first kappa shape index (κ1) is 18.6. The van der Waals surface area contributed by atoms with Gasteiger partial charge in [0, 0.05) is 35.0 Å². The van der Waals surface area contributed by atoms with E-state index in [-0.39, 0.29) is 23.1 Å². The smallest absolute Gasteiger partial charge is 0.255 e. The molecule has 0 saturated heterocycles. The van der Waals surface area contributed by atoms with Crippen LogP contribution in [0.2, 0.25) is 0 Å². The average molecular weight is 343 g/mol. The maximum Gasteiger partial charge on any atom is 0.255 e. The molecule has 5 nitrogen and oxygen atoms in total. The number of amides is 1. The van der Waals surface area contributed by atoms with E-state index in [0.29, 0.717) is 17.7 Å². The van der Waals surface area contributed by atoms with E-state index in [1.165, 1.54) is 36.4 Å². The molecule has 1 amide bonds. The van der Waals surface area contributed by atoms with Crippen LogP contribution in [0.15, 0.2) is 42.5 Å². The van der Waals surface area contributed by atoms with Crippen molar-refractivity contribution in [3.05, 3.63) is 59.4 Å². The van der Waals surface area contributed by atoms with Gasteiger partial charge in [-0.05, 0) is 63.5 Å². The molecule has 0 fully saturated rings. The maximum atomic E-state index is 14.3. The first-order valence-electron chi connectivity index (χ1n) is 7.92. The predicted molar refractivity (Wildman–Crippen MR) is 97.1 cm³/mol. The van der Waals surface area contributed by atoms with Crippen molar-refractivity contribution in [2.45, 2.75) is 19.4 Å². The number of carbonyl (C=O) groups excluding carboxylic acids is 1. The van der Waals surface area contributed by atoms with Crippen LogP contribution in [0, 0.1) is 11.2 Å². The van der Waals surface area contributed by atoms with Crippen molar-refractivity contribution in [2.75, 3.05) is 19.4 Å². The third kappa shape index (κ3) is 4.87. The number of nitrogens with zero attached hydrogens (tertiary/aromatic N) is 1. The standard InChI is InChI=1S/C19H22FN3O2/c1-12(23(2)3)10-18(21)16-9-6-14(11-17(16)20)22-19(25)13-4-7-15(24)8-5-13/h4-9,11-12,21,24H,10H2,1-3H3,(H,22,25)/t12-/m1/s1. The molecule has 0 aromatic heterocycles. The SMILES string of the molecule is C[C@H](CC(=N)c1ccc(NC(=O)c2ccc(O)cc2)cc1F)N(C)C. The zero-order valence-corrected chi connectivity index (χ0v) is 14.5. The van der Waals surface area contributed by atoms with Gasteiger partial charge in [-0.25, -0.2) is 4.39 Å². The van der Waals surface area contributed by atoms with Crippen LogP contribution in [0.5, 0.6) is 5.75 Å². The van der Waals surface area contributed by atoms with Gasteiger partial charge in [0.25, 0.3) is 5.91 Å². The molecule has 0 unspecified atom stereocenters. The quantitative estimate of drug-likeness (QED) is 0.703. The molecule has 25 heavy (non-hydrogen) atoms. The van der Waals surface area contributed by atoms with Crippen molar-refractivity contribution in [1.82, 2.24) is 4.90 Å². The largest absolute Gasteiger partial charge is 0.508 e. The van der Waals surface area contributed by atoms with Gasteiger partial charge in [-0.1, -0.05) is 0 Å². The van der Waals surface area contributed by atoms with E-state index in [0.717, 1.165) is 0 Å². The summed E-state index contributed by atoms with van der Waals surface area (Å²) in [5.41, 5.74) is 1.12. The predicted octanol–water partition coefficient (Wildman–Crippen LogP) is 3.49. The Labute approximate surface area is 146 Å². The second-order valence-electron chi connectivity index (χ2n) is 6.19. The van der Waals surface area contributed by atoms with E-state index in [1.807, 2.05) is 25.9 Å². The number of halogens is 1. The highest BCUT2D eigenvalue weighted by Crippen LogP contribution is 2.19. The zero-order valence-electron chi connectivity index (χ0n) is 14.5. The number of anilines is 1. The fraction of sp³-hybridized carbons (Fsp3) is 0.263. The Morgan fingerprint density at radius 2 is 1.88 bits per heavy atom. The molecule has 2 aromatic carbocycles. The number of phenolic OH excluding ortho intramolecular Hbond substituents is 1. The van der Waals surface area contributed by atoms with Crippen molar-refractivity contribution < 1.29 is 14.3 Å². The van der Waals surface area contributed by atoms with E-state index in [9.17, 15) is 14.3 Å². The van der Waals surface area contributed by atoms with Crippen LogP contribution in [0.25, 0.3) is 0 Å². The molecule has 2 aromatic rings. The van der Waals surface area contributed by atoms with Crippen LogP contribution in [-0.2, 0) is 0 Å². The van der Waals surface area contributed by atoms with Gasteiger partial charge in [0.2, 0.25) is 0 Å². The normalized spacial score (nSPS) is 12.0. The van der Waals surface area contributed by atoms with Crippen molar-refractivity contribution >= 4 is 17.3 Å².